The third kappa shape index (κ3) is 1.93. The van der Waals surface area contributed by atoms with Crippen molar-refractivity contribution in [2.75, 3.05) is 13.2 Å². The topological polar surface area (TPSA) is 38.3 Å². The van der Waals surface area contributed by atoms with Crippen molar-refractivity contribution >= 4 is 5.91 Å². The fraction of sp³-hybridized carbons (Fsp3) is 0.875. The summed E-state index contributed by atoms with van der Waals surface area (Å²) in [5.41, 5.74) is -0.0637. The Kier molecular flexibility index (Phi) is 2.49. The molecule has 1 saturated heterocycles. The first-order chi connectivity index (χ1) is 5.18. The van der Waals surface area contributed by atoms with Gasteiger partial charge in [-0.3, -0.25) is 4.79 Å². The minimum Gasteiger partial charge on any atom is -0.379 e. The third-order valence-corrected chi connectivity index (χ3v) is 2.22. The number of hydrogen-bond donors (Lipinski definition) is 1. The lowest BCUT2D eigenvalue weighted by molar-refractivity contribution is -0.121. The van der Waals surface area contributed by atoms with Crippen LogP contribution in [0.2, 0.25) is 0 Å². The van der Waals surface area contributed by atoms with Gasteiger partial charge in [-0.05, 0) is 12.8 Å². The highest BCUT2D eigenvalue weighted by Gasteiger charge is 2.33. The summed E-state index contributed by atoms with van der Waals surface area (Å²) in [4.78, 5) is 10.8. The first-order valence-corrected chi connectivity index (χ1v) is 4.05. The molecule has 3 nitrogen and oxygen atoms in total. The Labute approximate surface area is 67.1 Å². The van der Waals surface area contributed by atoms with Crippen LogP contribution >= 0.6 is 0 Å². The van der Waals surface area contributed by atoms with Crippen LogP contribution in [0.5, 0.6) is 0 Å². The first kappa shape index (κ1) is 8.53. The molecule has 1 amide bonds. The average molecular weight is 157 g/mol. The van der Waals surface area contributed by atoms with E-state index in [4.69, 9.17) is 4.74 Å². The lowest BCUT2D eigenvalue weighted by Crippen LogP contribution is -2.47. The van der Waals surface area contributed by atoms with Crippen LogP contribution < -0.4 is 5.32 Å². The number of ether oxygens (including phenoxy) is 1. The summed E-state index contributed by atoms with van der Waals surface area (Å²) in [5.74, 6) is 0.0392. The zero-order valence-corrected chi connectivity index (χ0v) is 7.14. The number of carbonyl (C=O) groups is 1. The third-order valence-electron chi connectivity index (χ3n) is 2.22. The Hall–Kier alpha value is -0.570. The number of carbonyl (C=O) groups excluding carboxylic acids is 1. The fourth-order valence-electron chi connectivity index (χ4n) is 1.45. The molecule has 0 aliphatic carbocycles. The molecular weight excluding hydrogens is 142 g/mol. The number of nitrogens with one attached hydrogen (secondary N) is 1. The van der Waals surface area contributed by atoms with Gasteiger partial charge in [0.05, 0.1) is 12.1 Å². The molecule has 64 valence electrons. The van der Waals surface area contributed by atoms with Gasteiger partial charge >= 0.3 is 0 Å². The highest BCUT2D eigenvalue weighted by molar-refractivity contribution is 5.73. The van der Waals surface area contributed by atoms with Crippen molar-refractivity contribution in [3.05, 3.63) is 0 Å². The van der Waals surface area contributed by atoms with Gasteiger partial charge in [-0.2, -0.15) is 0 Å². The molecule has 1 fully saturated rings. The lowest BCUT2D eigenvalue weighted by Gasteiger charge is -2.26. The summed E-state index contributed by atoms with van der Waals surface area (Å²) < 4.78 is 5.24. The molecule has 0 saturated carbocycles. The molecule has 0 spiro atoms. The van der Waals surface area contributed by atoms with E-state index in [1.54, 1.807) is 6.92 Å². The highest BCUT2D eigenvalue weighted by atomic mass is 16.5. The minimum atomic E-state index is -0.0637. The van der Waals surface area contributed by atoms with Gasteiger partial charge in [0.2, 0.25) is 5.91 Å². The molecule has 1 heterocycles. The van der Waals surface area contributed by atoms with Gasteiger partial charge < -0.3 is 10.1 Å². The number of amides is 1. The maximum absolute atomic E-state index is 10.8. The molecule has 0 bridgehead atoms. The SMILES string of the molecule is CCC1(NC(C)=O)CCOC1. The fourth-order valence-corrected chi connectivity index (χ4v) is 1.45. The molecule has 1 aliphatic heterocycles. The van der Waals surface area contributed by atoms with E-state index in [0.29, 0.717) is 6.61 Å². The van der Waals surface area contributed by atoms with E-state index < -0.39 is 0 Å². The molecule has 0 radical (unpaired) electrons. The molecule has 1 atom stereocenters. The van der Waals surface area contributed by atoms with Crippen molar-refractivity contribution in [1.29, 1.82) is 0 Å². The minimum absolute atomic E-state index is 0.0392. The normalized spacial score (nSPS) is 30.4. The summed E-state index contributed by atoms with van der Waals surface area (Å²) in [6.45, 7) is 5.07. The van der Waals surface area contributed by atoms with Crippen molar-refractivity contribution in [1.82, 2.24) is 5.32 Å². The molecule has 1 rings (SSSR count). The van der Waals surface area contributed by atoms with Crippen LogP contribution in [0.3, 0.4) is 0 Å². The zero-order chi connectivity index (χ0) is 8.32. The molecule has 0 aromatic rings. The maximum atomic E-state index is 10.8. The predicted octanol–water partition coefficient (Wildman–Crippen LogP) is 0.692. The second-order valence-electron chi connectivity index (χ2n) is 3.12. The van der Waals surface area contributed by atoms with Crippen molar-refractivity contribution in [2.24, 2.45) is 0 Å². The Bertz CT molecular complexity index is 150. The van der Waals surface area contributed by atoms with E-state index in [0.717, 1.165) is 19.4 Å². The second kappa shape index (κ2) is 3.22. The van der Waals surface area contributed by atoms with Crippen LogP contribution in [0, 0.1) is 0 Å². The second-order valence-corrected chi connectivity index (χ2v) is 3.12. The average Bonchev–Trinajstić information content (AvgIpc) is 2.36. The van der Waals surface area contributed by atoms with Gasteiger partial charge in [0, 0.05) is 13.5 Å². The van der Waals surface area contributed by atoms with Crippen molar-refractivity contribution in [3.63, 3.8) is 0 Å². The number of rotatable bonds is 2. The summed E-state index contributed by atoms with van der Waals surface area (Å²) in [6, 6.07) is 0. The zero-order valence-electron chi connectivity index (χ0n) is 7.14. The lowest BCUT2D eigenvalue weighted by atomic mass is 9.95. The Morgan fingerprint density at radius 1 is 1.73 bits per heavy atom. The molecule has 1 unspecified atom stereocenters. The van der Waals surface area contributed by atoms with E-state index >= 15 is 0 Å². The molecule has 0 aromatic carbocycles. The van der Waals surface area contributed by atoms with Gasteiger partial charge in [-0.1, -0.05) is 6.92 Å². The van der Waals surface area contributed by atoms with Crippen LogP contribution in [0.1, 0.15) is 26.7 Å². The largest absolute Gasteiger partial charge is 0.379 e. The van der Waals surface area contributed by atoms with Crippen LogP contribution in [-0.4, -0.2) is 24.7 Å². The summed E-state index contributed by atoms with van der Waals surface area (Å²) >= 11 is 0. The Morgan fingerprint density at radius 2 is 2.45 bits per heavy atom. The van der Waals surface area contributed by atoms with Crippen LogP contribution in [0.25, 0.3) is 0 Å². The standard InChI is InChI=1S/C8H15NO2/c1-3-8(9-7(2)10)4-5-11-6-8/h3-6H2,1-2H3,(H,9,10). The first-order valence-electron chi connectivity index (χ1n) is 4.05. The van der Waals surface area contributed by atoms with Crippen LogP contribution in [0.4, 0.5) is 0 Å². The summed E-state index contributed by atoms with van der Waals surface area (Å²) in [6.07, 6.45) is 1.90. The maximum Gasteiger partial charge on any atom is 0.217 e. The number of hydrogen-bond acceptors (Lipinski definition) is 2. The molecular formula is C8H15NO2. The van der Waals surface area contributed by atoms with E-state index in [1.165, 1.54) is 0 Å². The van der Waals surface area contributed by atoms with E-state index in [9.17, 15) is 4.79 Å². The van der Waals surface area contributed by atoms with Crippen LogP contribution in [0.15, 0.2) is 0 Å². The Balaban J connectivity index is 2.52. The molecule has 1 aliphatic rings. The molecule has 1 N–H and O–H groups in total. The van der Waals surface area contributed by atoms with Gasteiger partial charge in [0.15, 0.2) is 0 Å². The van der Waals surface area contributed by atoms with Crippen molar-refractivity contribution < 1.29 is 9.53 Å². The van der Waals surface area contributed by atoms with Gasteiger partial charge in [0.25, 0.3) is 0 Å². The monoisotopic (exact) mass is 157 g/mol. The van der Waals surface area contributed by atoms with E-state index in [1.807, 2.05) is 0 Å². The van der Waals surface area contributed by atoms with Crippen LogP contribution in [-0.2, 0) is 9.53 Å². The van der Waals surface area contributed by atoms with Gasteiger partial charge in [-0.25, -0.2) is 0 Å². The van der Waals surface area contributed by atoms with Gasteiger partial charge in [-0.15, -0.1) is 0 Å². The van der Waals surface area contributed by atoms with Crippen molar-refractivity contribution in [3.8, 4) is 0 Å². The molecule has 3 heteroatoms. The molecule has 11 heavy (non-hydrogen) atoms. The van der Waals surface area contributed by atoms with Crippen molar-refractivity contribution in [2.45, 2.75) is 32.2 Å². The van der Waals surface area contributed by atoms with Gasteiger partial charge in [0.1, 0.15) is 0 Å². The smallest absolute Gasteiger partial charge is 0.217 e. The summed E-state index contributed by atoms with van der Waals surface area (Å²) in [7, 11) is 0. The predicted molar refractivity (Wildman–Crippen MR) is 42.3 cm³/mol. The quantitative estimate of drug-likeness (QED) is 0.640. The summed E-state index contributed by atoms with van der Waals surface area (Å²) in [5, 5.41) is 2.94. The Morgan fingerprint density at radius 3 is 2.82 bits per heavy atom. The highest BCUT2D eigenvalue weighted by Crippen LogP contribution is 2.21. The van der Waals surface area contributed by atoms with E-state index in [-0.39, 0.29) is 11.4 Å². The molecule has 0 aromatic heterocycles. The van der Waals surface area contributed by atoms with E-state index in [2.05, 4.69) is 12.2 Å².